The molecular formula is C17H13ClFN3. The average Bonchev–Trinajstić information content (AvgIpc) is 2.52. The monoisotopic (exact) mass is 313 g/mol. The van der Waals surface area contributed by atoms with Crippen molar-refractivity contribution in [1.29, 1.82) is 0 Å². The number of halogens is 2. The summed E-state index contributed by atoms with van der Waals surface area (Å²) in [7, 11) is 0. The molecular weight excluding hydrogens is 301 g/mol. The minimum absolute atomic E-state index is 0.262. The second-order valence-corrected chi connectivity index (χ2v) is 5.27. The van der Waals surface area contributed by atoms with Crippen LogP contribution in [0.1, 0.15) is 12.5 Å². The van der Waals surface area contributed by atoms with Gasteiger partial charge in [0.1, 0.15) is 5.82 Å². The molecule has 0 aliphatic rings. The van der Waals surface area contributed by atoms with Crippen molar-refractivity contribution in [3.63, 3.8) is 0 Å². The molecule has 0 unspecified atom stereocenters. The first-order chi connectivity index (χ1) is 10.6. The molecule has 0 saturated carbocycles. The van der Waals surface area contributed by atoms with Gasteiger partial charge in [0.15, 0.2) is 0 Å². The molecule has 3 aromatic rings. The van der Waals surface area contributed by atoms with Crippen LogP contribution < -0.4 is 5.43 Å². The van der Waals surface area contributed by atoms with Crippen LogP contribution in [0, 0.1) is 5.82 Å². The van der Waals surface area contributed by atoms with Crippen LogP contribution in [-0.2, 0) is 0 Å². The first kappa shape index (κ1) is 14.5. The Morgan fingerprint density at radius 2 is 1.91 bits per heavy atom. The van der Waals surface area contributed by atoms with Crippen molar-refractivity contribution in [2.45, 2.75) is 6.92 Å². The van der Waals surface area contributed by atoms with E-state index in [0.717, 1.165) is 27.9 Å². The Kier molecular flexibility index (Phi) is 4.02. The third-order valence-electron chi connectivity index (χ3n) is 3.31. The van der Waals surface area contributed by atoms with E-state index in [0.29, 0.717) is 5.02 Å². The van der Waals surface area contributed by atoms with E-state index in [1.54, 1.807) is 24.4 Å². The van der Waals surface area contributed by atoms with Crippen LogP contribution in [-0.4, -0.2) is 10.7 Å². The summed E-state index contributed by atoms with van der Waals surface area (Å²) in [5.74, 6) is -0.262. The highest BCUT2D eigenvalue weighted by molar-refractivity contribution is 6.31. The SMILES string of the molecule is CC(=NNc1ccnc2cc(Cl)ccc12)c1ccc(F)cc1. The van der Waals surface area contributed by atoms with Gasteiger partial charge in [-0.3, -0.25) is 10.4 Å². The van der Waals surface area contributed by atoms with Gasteiger partial charge < -0.3 is 0 Å². The van der Waals surface area contributed by atoms with E-state index < -0.39 is 0 Å². The van der Waals surface area contributed by atoms with Crippen molar-refractivity contribution in [3.05, 3.63) is 71.1 Å². The number of pyridine rings is 1. The van der Waals surface area contributed by atoms with Crippen molar-refractivity contribution >= 4 is 33.9 Å². The molecule has 3 nitrogen and oxygen atoms in total. The summed E-state index contributed by atoms with van der Waals surface area (Å²) in [5.41, 5.74) is 6.29. The molecule has 22 heavy (non-hydrogen) atoms. The number of hydrogen-bond acceptors (Lipinski definition) is 3. The lowest BCUT2D eigenvalue weighted by Gasteiger charge is -2.07. The third kappa shape index (κ3) is 3.07. The maximum Gasteiger partial charge on any atom is 0.123 e. The number of anilines is 1. The Hall–Kier alpha value is -2.46. The molecule has 0 atom stereocenters. The normalized spacial score (nSPS) is 11.7. The molecule has 5 heteroatoms. The standard InChI is InChI=1S/C17H13ClFN3/c1-11(12-2-5-14(19)6-3-12)21-22-16-8-9-20-17-10-13(18)4-7-15(16)17/h2-10H,1H3,(H,20,22). The maximum absolute atomic E-state index is 12.9. The molecule has 0 bridgehead atoms. The molecule has 0 amide bonds. The highest BCUT2D eigenvalue weighted by Gasteiger charge is 2.03. The zero-order valence-electron chi connectivity index (χ0n) is 11.8. The van der Waals surface area contributed by atoms with Crippen molar-refractivity contribution in [3.8, 4) is 0 Å². The Bertz CT molecular complexity index is 844. The van der Waals surface area contributed by atoms with Gasteiger partial charge in [-0.15, -0.1) is 0 Å². The zero-order chi connectivity index (χ0) is 15.5. The quantitative estimate of drug-likeness (QED) is 0.553. The number of nitrogens with one attached hydrogen (secondary N) is 1. The van der Waals surface area contributed by atoms with Crippen LogP contribution in [0.15, 0.2) is 59.8 Å². The number of benzene rings is 2. The average molecular weight is 314 g/mol. The number of hydrogen-bond donors (Lipinski definition) is 1. The largest absolute Gasteiger partial charge is 0.277 e. The van der Waals surface area contributed by atoms with E-state index >= 15 is 0 Å². The second-order valence-electron chi connectivity index (χ2n) is 4.84. The van der Waals surface area contributed by atoms with Gasteiger partial charge >= 0.3 is 0 Å². The summed E-state index contributed by atoms with van der Waals surface area (Å²) >= 11 is 5.97. The van der Waals surface area contributed by atoms with Crippen molar-refractivity contribution < 1.29 is 4.39 Å². The van der Waals surface area contributed by atoms with E-state index in [4.69, 9.17) is 11.6 Å². The number of rotatable bonds is 3. The molecule has 1 N–H and O–H groups in total. The second kappa shape index (κ2) is 6.12. The van der Waals surface area contributed by atoms with Gasteiger partial charge in [-0.25, -0.2) is 4.39 Å². The van der Waals surface area contributed by atoms with E-state index in [1.807, 2.05) is 25.1 Å². The van der Waals surface area contributed by atoms with Gasteiger partial charge in [0.05, 0.1) is 16.9 Å². The third-order valence-corrected chi connectivity index (χ3v) is 3.55. The predicted octanol–water partition coefficient (Wildman–Crippen LogP) is 4.86. The Labute approximate surface area is 132 Å². The predicted molar refractivity (Wildman–Crippen MR) is 89.0 cm³/mol. The van der Waals surface area contributed by atoms with Crippen LogP contribution >= 0.6 is 11.6 Å². The topological polar surface area (TPSA) is 37.3 Å². The summed E-state index contributed by atoms with van der Waals surface area (Å²) in [6, 6.07) is 13.6. The first-order valence-corrected chi connectivity index (χ1v) is 7.12. The summed E-state index contributed by atoms with van der Waals surface area (Å²) in [6.45, 7) is 1.86. The van der Waals surface area contributed by atoms with Crippen molar-refractivity contribution in [2.75, 3.05) is 5.43 Å². The molecule has 0 aliphatic carbocycles. The van der Waals surface area contributed by atoms with Crippen LogP contribution in [0.3, 0.4) is 0 Å². The maximum atomic E-state index is 12.9. The Morgan fingerprint density at radius 1 is 1.14 bits per heavy atom. The lowest BCUT2D eigenvalue weighted by molar-refractivity contribution is 0.628. The lowest BCUT2D eigenvalue weighted by Crippen LogP contribution is -2.00. The van der Waals surface area contributed by atoms with E-state index in [-0.39, 0.29) is 5.82 Å². The first-order valence-electron chi connectivity index (χ1n) is 6.74. The van der Waals surface area contributed by atoms with Gasteiger partial charge in [0.25, 0.3) is 0 Å². The van der Waals surface area contributed by atoms with Gasteiger partial charge in [-0.2, -0.15) is 5.10 Å². The summed E-state index contributed by atoms with van der Waals surface area (Å²) in [5, 5.41) is 5.93. The van der Waals surface area contributed by atoms with Crippen molar-refractivity contribution in [1.82, 2.24) is 4.98 Å². The molecule has 0 fully saturated rings. The fraction of sp³-hybridized carbons (Fsp3) is 0.0588. The van der Waals surface area contributed by atoms with Gasteiger partial charge in [-0.05, 0) is 48.9 Å². The fourth-order valence-corrected chi connectivity index (χ4v) is 2.28. The van der Waals surface area contributed by atoms with Crippen molar-refractivity contribution in [2.24, 2.45) is 5.10 Å². The lowest BCUT2D eigenvalue weighted by atomic mass is 10.1. The number of aromatic nitrogens is 1. The van der Waals surface area contributed by atoms with E-state index in [1.165, 1.54) is 12.1 Å². The molecule has 3 rings (SSSR count). The van der Waals surface area contributed by atoms with Crippen LogP contribution in [0.25, 0.3) is 10.9 Å². The highest BCUT2D eigenvalue weighted by Crippen LogP contribution is 2.24. The molecule has 1 aromatic heterocycles. The number of nitrogens with zero attached hydrogens (tertiary/aromatic N) is 2. The molecule has 1 heterocycles. The fourth-order valence-electron chi connectivity index (χ4n) is 2.12. The number of hydrazone groups is 1. The zero-order valence-corrected chi connectivity index (χ0v) is 12.6. The van der Waals surface area contributed by atoms with E-state index in [2.05, 4.69) is 15.5 Å². The Morgan fingerprint density at radius 3 is 2.68 bits per heavy atom. The molecule has 0 aliphatic heterocycles. The van der Waals surface area contributed by atoms with Crippen LogP contribution in [0.4, 0.5) is 10.1 Å². The van der Waals surface area contributed by atoms with Gasteiger partial charge in [-0.1, -0.05) is 23.7 Å². The van der Waals surface area contributed by atoms with Gasteiger partial charge in [0, 0.05) is 16.6 Å². The molecule has 0 saturated heterocycles. The minimum atomic E-state index is -0.262. The minimum Gasteiger partial charge on any atom is -0.277 e. The highest BCUT2D eigenvalue weighted by atomic mass is 35.5. The molecule has 110 valence electrons. The summed E-state index contributed by atoms with van der Waals surface area (Å²) < 4.78 is 12.9. The van der Waals surface area contributed by atoms with Gasteiger partial charge in [0.2, 0.25) is 0 Å². The Balaban J connectivity index is 1.90. The number of fused-ring (bicyclic) bond motifs is 1. The smallest absolute Gasteiger partial charge is 0.123 e. The summed E-state index contributed by atoms with van der Waals surface area (Å²) in [4.78, 5) is 4.28. The molecule has 0 spiro atoms. The van der Waals surface area contributed by atoms with Crippen LogP contribution in [0.5, 0.6) is 0 Å². The molecule has 0 radical (unpaired) electrons. The summed E-state index contributed by atoms with van der Waals surface area (Å²) in [6.07, 6.45) is 1.70. The van der Waals surface area contributed by atoms with Crippen LogP contribution in [0.2, 0.25) is 5.02 Å². The molecule has 2 aromatic carbocycles. The van der Waals surface area contributed by atoms with E-state index in [9.17, 15) is 4.39 Å².